The van der Waals surface area contributed by atoms with Gasteiger partial charge in [-0.25, -0.2) is 0 Å². The van der Waals surface area contributed by atoms with Crippen LogP contribution in [0.1, 0.15) is 28.8 Å². The molecule has 170 valence electrons. The lowest BCUT2D eigenvalue weighted by Crippen LogP contribution is -2.45. The van der Waals surface area contributed by atoms with Gasteiger partial charge in [0.2, 0.25) is 0 Å². The van der Waals surface area contributed by atoms with E-state index in [4.69, 9.17) is 19.7 Å². The van der Waals surface area contributed by atoms with E-state index in [1.807, 2.05) is 4.90 Å². The van der Waals surface area contributed by atoms with Crippen molar-refractivity contribution in [2.45, 2.75) is 12.8 Å². The number of piperidine rings is 3. The number of carbonyl (C=O) groups is 2. The second-order valence-electron chi connectivity index (χ2n) is 7.43. The molecular formula is C23H25NO8. The van der Waals surface area contributed by atoms with Crippen LogP contribution in [0.15, 0.2) is 30.0 Å². The highest BCUT2D eigenvalue weighted by molar-refractivity contribution is 6.02. The van der Waals surface area contributed by atoms with E-state index < -0.39 is 0 Å². The van der Waals surface area contributed by atoms with Gasteiger partial charge >= 0.3 is 0 Å². The summed E-state index contributed by atoms with van der Waals surface area (Å²) in [7, 11) is 2.86. The third kappa shape index (κ3) is 4.56. The molecule has 9 heteroatoms. The molecule has 3 aliphatic heterocycles. The number of phenols is 4. The maximum atomic E-state index is 12.2. The Balaban J connectivity index is 0.000000207. The van der Waals surface area contributed by atoms with Crippen LogP contribution in [0.4, 0.5) is 0 Å². The van der Waals surface area contributed by atoms with Crippen molar-refractivity contribution in [1.29, 1.82) is 0 Å². The van der Waals surface area contributed by atoms with Crippen LogP contribution in [-0.2, 0) is 4.79 Å². The van der Waals surface area contributed by atoms with Crippen LogP contribution < -0.4 is 9.47 Å². The van der Waals surface area contributed by atoms with Gasteiger partial charge in [0.15, 0.2) is 12.1 Å². The molecule has 2 bridgehead atoms. The van der Waals surface area contributed by atoms with Crippen LogP contribution in [0.5, 0.6) is 34.5 Å². The number of ether oxygens (including phenoxy) is 2. The SMILES string of the molecule is COc1cc(O)c(/C=C2\C(=O)C3CCN2CC3)c(O)c1.COc1cc(O)c(C=O)c(O)c1. The minimum absolute atomic E-state index is 0.0915. The lowest BCUT2D eigenvalue weighted by Gasteiger charge is -2.41. The van der Waals surface area contributed by atoms with E-state index in [0.29, 0.717) is 23.5 Å². The number of aldehydes is 1. The highest BCUT2D eigenvalue weighted by atomic mass is 16.5. The molecule has 0 saturated carbocycles. The van der Waals surface area contributed by atoms with E-state index in [2.05, 4.69) is 0 Å². The Morgan fingerprint density at radius 3 is 1.66 bits per heavy atom. The number of hydrogen-bond donors (Lipinski definition) is 4. The number of benzene rings is 2. The van der Waals surface area contributed by atoms with Gasteiger partial charge in [0.05, 0.1) is 31.0 Å². The van der Waals surface area contributed by atoms with Crippen molar-refractivity contribution in [1.82, 2.24) is 4.90 Å². The zero-order valence-electron chi connectivity index (χ0n) is 17.7. The molecule has 9 nitrogen and oxygen atoms in total. The lowest BCUT2D eigenvalue weighted by molar-refractivity contribution is -0.125. The molecule has 4 N–H and O–H groups in total. The van der Waals surface area contributed by atoms with Gasteiger partial charge in [0.1, 0.15) is 34.5 Å². The van der Waals surface area contributed by atoms with Gasteiger partial charge in [0, 0.05) is 43.3 Å². The Labute approximate surface area is 184 Å². The molecule has 32 heavy (non-hydrogen) atoms. The first-order chi connectivity index (χ1) is 15.3. The van der Waals surface area contributed by atoms with E-state index in [-0.39, 0.29) is 45.8 Å². The summed E-state index contributed by atoms with van der Waals surface area (Å²) in [5.74, 6) is 0.110. The molecule has 0 radical (unpaired) electrons. The van der Waals surface area contributed by atoms with Gasteiger partial charge in [-0.1, -0.05) is 0 Å². The quantitative estimate of drug-likeness (QED) is 0.415. The molecule has 0 spiro atoms. The smallest absolute Gasteiger partial charge is 0.182 e. The zero-order valence-corrected chi connectivity index (χ0v) is 17.7. The lowest BCUT2D eigenvalue weighted by atomic mass is 9.84. The summed E-state index contributed by atoms with van der Waals surface area (Å²) in [6, 6.07) is 5.35. The maximum absolute atomic E-state index is 12.2. The number of fused-ring (bicyclic) bond motifs is 3. The highest BCUT2D eigenvalue weighted by Gasteiger charge is 2.36. The second-order valence-corrected chi connectivity index (χ2v) is 7.43. The summed E-state index contributed by atoms with van der Waals surface area (Å²) in [6.45, 7) is 1.72. The molecule has 2 aromatic carbocycles. The fourth-order valence-electron chi connectivity index (χ4n) is 3.75. The molecule has 0 atom stereocenters. The van der Waals surface area contributed by atoms with Gasteiger partial charge in [-0.05, 0) is 18.9 Å². The molecule has 5 rings (SSSR count). The Kier molecular flexibility index (Phi) is 6.77. The van der Waals surface area contributed by atoms with Crippen molar-refractivity contribution < 1.29 is 39.5 Å². The van der Waals surface area contributed by atoms with Crippen molar-refractivity contribution in [2.75, 3.05) is 27.3 Å². The van der Waals surface area contributed by atoms with Crippen LogP contribution in [0.2, 0.25) is 0 Å². The number of nitrogens with zero attached hydrogens (tertiary/aromatic N) is 1. The van der Waals surface area contributed by atoms with E-state index in [1.165, 1.54) is 38.5 Å². The Morgan fingerprint density at radius 2 is 1.28 bits per heavy atom. The van der Waals surface area contributed by atoms with E-state index in [0.717, 1.165) is 25.9 Å². The zero-order chi connectivity index (χ0) is 23.4. The largest absolute Gasteiger partial charge is 0.507 e. The number of aromatic hydroxyl groups is 4. The van der Waals surface area contributed by atoms with Crippen LogP contribution in [0.3, 0.4) is 0 Å². The van der Waals surface area contributed by atoms with Gasteiger partial charge in [-0.15, -0.1) is 0 Å². The molecule has 3 fully saturated rings. The first kappa shape index (κ1) is 22.8. The van der Waals surface area contributed by atoms with Gasteiger partial charge in [0.25, 0.3) is 0 Å². The molecule has 3 saturated heterocycles. The maximum Gasteiger partial charge on any atom is 0.182 e. The van der Waals surface area contributed by atoms with Crippen molar-refractivity contribution in [3.63, 3.8) is 0 Å². The van der Waals surface area contributed by atoms with Crippen LogP contribution in [0, 0.1) is 5.92 Å². The van der Waals surface area contributed by atoms with Crippen molar-refractivity contribution in [2.24, 2.45) is 5.92 Å². The topological polar surface area (TPSA) is 137 Å². The van der Waals surface area contributed by atoms with Gasteiger partial charge < -0.3 is 34.8 Å². The number of rotatable bonds is 4. The molecule has 2 aromatic rings. The van der Waals surface area contributed by atoms with Crippen LogP contribution in [-0.4, -0.2) is 64.7 Å². The standard InChI is InChI=1S/C15H17NO4.C8H8O4/c1-20-10-6-13(17)11(14(18)7-10)8-12-15(19)9-2-4-16(12)5-3-9;1-12-5-2-7(10)6(4-9)8(11)3-5/h6-9,17-18H,2-5H2,1H3;2-4,10-11H,1H3/b12-8+;. The van der Waals surface area contributed by atoms with E-state index >= 15 is 0 Å². The number of ketones is 1. The van der Waals surface area contributed by atoms with Gasteiger partial charge in [-0.2, -0.15) is 0 Å². The number of Topliss-reactive ketones (excluding diaryl/α,β-unsaturated/α-hetero) is 1. The molecule has 0 aliphatic carbocycles. The first-order valence-corrected chi connectivity index (χ1v) is 9.95. The number of carbonyl (C=O) groups excluding carboxylic acids is 2. The summed E-state index contributed by atoms with van der Waals surface area (Å²) in [4.78, 5) is 24.5. The Bertz CT molecular complexity index is 1010. The Hall–Kier alpha value is -3.88. The summed E-state index contributed by atoms with van der Waals surface area (Å²) < 4.78 is 9.71. The molecule has 3 heterocycles. The summed E-state index contributed by atoms with van der Waals surface area (Å²) in [5, 5.41) is 38.2. The summed E-state index contributed by atoms with van der Waals surface area (Å²) in [6.07, 6.45) is 3.76. The molecule has 0 amide bonds. The highest BCUT2D eigenvalue weighted by Crippen LogP contribution is 2.38. The average molecular weight is 443 g/mol. The van der Waals surface area contributed by atoms with E-state index in [1.54, 1.807) is 6.08 Å². The van der Waals surface area contributed by atoms with Crippen molar-refractivity contribution in [3.05, 3.63) is 41.1 Å². The second kappa shape index (κ2) is 9.51. The van der Waals surface area contributed by atoms with Crippen molar-refractivity contribution in [3.8, 4) is 34.5 Å². The minimum Gasteiger partial charge on any atom is -0.507 e. The fraction of sp³-hybridized carbons (Fsp3) is 0.304. The molecule has 0 aromatic heterocycles. The van der Waals surface area contributed by atoms with Crippen LogP contribution >= 0.6 is 0 Å². The normalized spacial score (nSPS) is 16.5. The van der Waals surface area contributed by atoms with E-state index in [9.17, 15) is 19.8 Å². The fourth-order valence-corrected chi connectivity index (χ4v) is 3.75. The number of phenolic OH excluding ortho intramolecular Hbond substituents is 4. The minimum atomic E-state index is -0.290. The van der Waals surface area contributed by atoms with Crippen LogP contribution in [0.25, 0.3) is 6.08 Å². The Morgan fingerprint density at radius 1 is 0.844 bits per heavy atom. The predicted octanol–water partition coefficient (Wildman–Crippen LogP) is 2.66. The molecule has 3 aliphatic rings. The van der Waals surface area contributed by atoms with Gasteiger partial charge in [-0.3, -0.25) is 9.59 Å². The summed E-state index contributed by atoms with van der Waals surface area (Å²) in [5.41, 5.74) is 0.723. The number of allylic oxidation sites excluding steroid dienone is 1. The number of methoxy groups -OCH3 is 2. The third-order valence-corrected chi connectivity index (χ3v) is 5.55. The molecule has 0 unspecified atom stereocenters. The first-order valence-electron chi connectivity index (χ1n) is 9.95. The number of hydrogen-bond acceptors (Lipinski definition) is 9. The monoisotopic (exact) mass is 443 g/mol. The van der Waals surface area contributed by atoms with Crippen molar-refractivity contribution >= 4 is 18.1 Å². The predicted molar refractivity (Wildman–Crippen MR) is 115 cm³/mol. The molecular weight excluding hydrogens is 418 g/mol. The summed E-state index contributed by atoms with van der Waals surface area (Å²) >= 11 is 0. The third-order valence-electron chi connectivity index (χ3n) is 5.55. The average Bonchev–Trinajstić information content (AvgIpc) is 2.78.